The first kappa shape index (κ1) is 39.0. The monoisotopic (exact) mass is 756 g/mol. The molecule has 15 atom stereocenters. The van der Waals surface area contributed by atoms with Crippen molar-refractivity contribution in [3.05, 3.63) is 46.6 Å². The van der Waals surface area contributed by atoms with Crippen LogP contribution < -0.4 is 10.2 Å². The van der Waals surface area contributed by atoms with Gasteiger partial charge >= 0.3 is 0 Å². The second kappa shape index (κ2) is 15.6. The number of phenolic OH excluding ortho intramolecular Hbond substituents is 3. The standard InChI is InChI=1S/C33H40O20/c1-10-19(38)23(42)26(45)31(48-10)47-9-17-21(40)25(44)30(53-32-27(46)24(43)20(39)16(8-34)50-32)33(51-17)52-29-22(41)18-14(37)6-13(36)7-15(18)49-28(29)11-2-4-12(35)5-3-11/h2-7,10,16-17,19-21,23-27,30-40,42-46H,8-9H2,1H3/t10-,16+,17+,19-,20-,21+,23+,24-,25-,26+,27+,30+,31+,32-,33-/m0/s1. The largest absolute Gasteiger partial charge is 0.508 e. The average molecular weight is 757 g/mol. The van der Waals surface area contributed by atoms with Crippen molar-refractivity contribution in [3.63, 3.8) is 0 Å². The predicted molar refractivity (Wildman–Crippen MR) is 171 cm³/mol. The van der Waals surface area contributed by atoms with Crippen LogP contribution in [0, 0.1) is 0 Å². The lowest BCUT2D eigenvalue weighted by Gasteiger charge is -2.46. The minimum atomic E-state index is -2.06. The molecule has 0 radical (unpaired) electrons. The molecular formula is C33H40O20. The Morgan fingerprint density at radius 1 is 0.679 bits per heavy atom. The van der Waals surface area contributed by atoms with Crippen LogP contribution in [-0.2, 0) is 23.7 Å². The number of rotatable bonds is 9. The highest BCUT2D eigenvalue weighted by Gasteiger charge is 2.52. The highest BCUT2D eigenvalue weighted by Crippen LogP contribution is 2.38. The summed E-state index contributed by atoms with van der Waals surface area (Å²) in [5, 5.41) is 124. The number of benzene rings is 2. The molecule has 2 aromatic carbocycles. The van der Waals surface area contributed by atoms with Gasteiger partial charge in [0.1, 0.15) is 89.3 Å². The van der Waals surface area contributed by atoms with E-state index in [4.69, 9.17) is 32.8 Å². The molecule has 3 aliphatic rings. The topological polar surface area (TPSA) is 328 Å². The summed E-state index contributed by atoms with van der Waals surface area (Å²) in [6.07, 6.45) is -26.1. The van der Waals surface area contributed by atoms with Gasteiger partial charge in [0.15, 0.2) is 24.4 Å². The van der Waals surface area contributed by atoms with Crippen molar-refractivity contribution in [1.29, 1.82) is 0 Å². The summed E-state index contributed by atoms with van der Waals surface area (Å²) < 4.78 is 40.0. The van der Waals surface area contributed by atoms with Crippen LogP contribution in [0.25, 0.3) is 22.3 Å². The van der Waals surface area contributed by atoms with Crippen LogP contribution in [0.1, 0.15) is 6.92 Å². The van der Waals surface area contributed by atoms with Crippen molar-refractivity contribution < 1.29 is 94.1 Å². The molecule has 3 aromatic rings. The van der Waals surface area contributed by atoms with Gasteiger partial charge in [-0.25, -0.2) is 0 Å². The highest BCUT2D eigenvalue weighted by atomic mass is 16.8. The molecule has 0 aliphatic carbocycles. The number of phenols is 3. The fourth-order valence-electron chi connectivity index (χ4n) is 6.25. The van der Waals surface area contributed by atoms with Crippen molar-refractivity contribution in [3.8, 4) is 34.3 Å². The van der Waals surface area contributed by atoms with Crippen molar-refractivity contribution in [2.75, 3.05) is 13.2 Å². The third-order valence-electron chi connectivity index (χ3n) is 9.30. The minimum Gasteiger partial charge on any atom is -0.508 e. The predicted octanol–water partition coefficient (Wildman–Crippen LogP) is -3.57. The summed E-state index contributed by atoms with van der Waals surface area (Å²) in [6, 6.07) is 7.05. The zero-order valence-corrected chi connectivity index (χ0v) is 27.7. The number of ether oxygens (including phenoxy) is 6. The van der Waals surface area contributed by atoms with Crippen LogP contribution in [0.5, 0.6) is 23.0 Å². The summed E-state index contributed by atoms with van der Waals surface area (Å²) in [5.41, 5.74) is -1.23. The van der Waals surface area contributed by atoms with Gasteiger partial charge in [0.25, 0.3) is 0 Å². The third kappa shape index (κ3) is 7.52. The number of aliphatic hydroxyl groups is 9. The lowest BCUT2D eigenvalue weighted by Crippen LogP contribution is -2.65. The van der Waals surface area contributed by atoms with E-state index in [2.05, 4.69) is 0 Å². The molecule has 0 saturated carbocycles. The summed E-state index contributed by atoms with van der Waals surface area (Å²) in [7, 11) is 0. The van der Waals surface area contributed by atoms with E-state index in [1.807, 2.05) is 0 Å². The number of hydrogen-bond donors (Lipinski definition) is 12. The Labute approximate surface area is 298 Å². The molecule has 20 nitrogen and oxygen atoms in total. The van der Waals surface area contributed by atoms with E-state index in [-0.39, 0.29) is 22.7 Å². The molecule has 20 heteroatoms. The molecule has 3 fully saturated rings. The highest BCUT2D eigenvalue weighted by molar-refractivity contribution is 5.88. The van der Waals surface area contributed by atoms with E-state index in [1.54, 1.807) is 0 Å². The molecule has 6 rings (SSSR count). The maximum atomic E-state index is 14.0. The van der Waals surface area contributed by atoms with E-state index in [1.165, 1.54) is 31.2 Å². The number of aromatic hydroxyl groups is 3. The fourth-order valence-corrected chi connectivity index (χ4v) is 6.25. The Hall–Kier alpha value is -3.71. The number of fused-ring (bicyclic) bond motifs is 1. The Morgan fingerprint density at radius 2 is 1.30 bits per heavy atom. The van der Waals surface area contributed by atoms with Crippen LogP contribution in [0.4, 0.5) is 0 Å². The Balaban J connectivity index is 1.39. The maximum absolute atomic E-state index is 14.0. The van der Waals surface area contributed by atoms with Crippen LogP contribution >= 0.6 is 0 Å². The SMILES string of the molecule is C[C@@H]1O[C@@H](OC[C@H]2O[C@@H](Oc3c(-c4ccc(O)cc4)oc4cc(O)cc(O)c4c3=O)[C@H](O[C@@H]3O[C@H](CO)[C@H](O)[C@H](O)[C@H]3O)[C@@H](O)[C@@H]2O)[C@H](O)[C@H](O)[C@H]1O. The first-order chi connectivity index (χ1) is 25.1. The molecule has 53 heavy (non-hydrogen) atoms. The van der Waals surface area contributed by atoms with Crippen molar-refractivity contribution in [2.24, 2.45) is 0 Å². The van der Waals surface area contributed by atoms with Crippen LogP contribution in [-0.4, -0.2) is 167 Å². The van der Waals surface area contributed by atoms with Gasteiger partial charge < -0.3 is 94.1 Å². The van der Waals surface area contributed by atoms with Gasteiger partial charge in [-0.1, -0.05) is 0 Å². The molecule has 0 amide bonds. The van der Waals surface area contributed by atoms with Crippen molar-refractivity contribution >= 4 is 11.0 Å². The lowest BCUT2D eigenvalue weighted by atomic mass is 9.97. The molecule has 292 valence electrons. The van der Waals surface area contributed by atoms with Gasteiger partial charge in [0.2, 0.25) is 17.5 Å². The molecule has 3 saturated heterocycles. The smallest absolute Gasteiger partial charge is 0.239 e. The van der Waals surface area contributed by atoms with Gasteiger partial charge in [-0.2, -0.15) is 0 Å². The van der Waals surface area contributed by atoms with Crippen molar-refractivity contribution in [2.45, 2.75) is 99.0 Å². The molecule has 1 aromatic heterocycles. The maximum Gasteiger partial charge on any atom is 0.239 e. The van der Waals surface area contributed by atoms with Gasteiger partial charge in [0.05, 0.1) is 19.3 Å². The second-order valence-electron chi connectivity index (χ2n) is 12.9. The average Bonchev–Trinajstić information content (AvgIpc) is 3.12. The van der Waals surface area contributed by atoms with Crippen LogP contribution in [0.15, 0.2) is 45.6 Å². The fraction of sp³-hybridized carbons (Fsp3) is 0.545. The Bertz CT molecular complexity index is 1780. The van der Waals surface area contributed by atoms with Gasteiger partial charge in [-0.05, 0) is 31.2 Å². The second-order valence-corrected chi connectivity index (χ2v) is 12.9. The molecule has 0 spiro atoms. The molecular weight excluding hydrogens is 716 g/mol. The summed E-state index contributed by atoms with van der Waals surface area (Å²) in [6.45, 7) is -0.140. The Kier molecular flexibility index (Phi) is 11.5. The minimum absolute atomic E-state index is 0.112. The van der Waals surface area contributed by atoms with E-state index in [0.29, 0.717) is 0 Å². The first-order valence-electron chi connectivity index (χ1n) is 16.4. The first-order valence-corrected chi connectivity index (χ1v) is 16.4. The van der Waals surface area contributed by atoms with Crippen LogP contribution in [0.3, 0.4) is 0 Å². The summed E-state index contributed by atoms with van der Waals surface area (Å²) in [4.78, 5) is 14.0. The molecule has 4 heterocycles. The molecule has 0 unspecified atom stereocenters. The van der Waals surface area contributed by atoms with Gasteiger partial charge in [0, 0.05) is 17.7 Å². The van der Waals surface area contributed by atoms with Gasteiger partial charge in [-0.3, -0.25) is 4.79 Å². The van der Waals surface area contributed by atoms with E-state index in [0.717, 1.165) is 12.1 Å². The summed E-state index contributed by atoms with van der Waals surface area (Å²) >= 11 is 0. The van der Waals surface area contributed by atoms with Crippen LogP contribution in [0.2, 0.25) is 0 Å². The van der Waals surface area contributed by atoms with Crippen molar-refractivity contribution in [1.82, 2.24) is 0 Å². The summed E-state index contributed by atoms with van der Waals surface area (Å²) in [5.74, 6) is -2.39. The Morgan fingerprint density at radius 3 is 1.98 bits per heavy atom. The zero-order chi connectivity index (χ0) is 38.5. The lowest BCUT2D eigenvalue weighted by molar-refractivity contribution is -0.362. The number of hydrogen-bond acceptors (Lipinski definition) is 20. The van der Waals surface area contributed by atoms with E-state index >= 15 is 0 Å². The quantitative estimate of drug-likeness (QED) is 0.100. The van der Waals surface area contributed by atoms with E-state index < -0.39 is 133 Å². The molecule has 0 bridgehead atoms. The third-order valence-corrected chi connectivity index (χ3v) is 9.30. The molecule has 3 aliphatic heterocycles. The van der Waals surface area contributed by atoms with E-state index in [9.17, 15) is 66.1 Å². The normalized spacial score (nSPS) is 37.8. The number of aliphatic hydroxyl groups excluding tert-OH is 9. The molecule has 12 N–H and O–H groups in total. The zero-order valence-electron chi connectivity index (χ0n) is 27.7. The van der Waals surface area contributed by atoms with Gasteiger partial charge in [-0.15, -0.1) is 0 Å².